The second-order valence-corrected chi connectivity index (χ2v) is 17.3. The summed E-state index contributed by atoms with van der Waals surface area (Å²) in [6.07, 6.45) is 0. The molecular formula is C58H35N3S. The van der Waals surface area contributed by atoms with Crippen molar-refractivity contribution in [2.75, 3.05) is 0 Å². The molecule has 0 atom stereocenters. The van der Waals surface area contributed by atoms with Gasteiger partial charge in [0, 0.05) is 42.4 Å². The van der Waals surface area contributed by atoms with Crippen molar-refractivity contribution >= 4 is 31.5 Å². The average molecular weight is 806 g/mol. The molecule has 0 N–H and O–H groups in total. The Kier molecular flexibility index (Phi) is 7.69. The first-order chi connectivity index (χ1) is 30.7. The fourth-order valence-corrected chi connectivity index (χ4v) is 11.5. The van der Waals surface area contributed by atoms with Crippen LogP contribution in [0.3, 0.4) is 0 Å². The molecular weight excluding hydrogens is 771 g/mol. The molecule has 0 aliphatic heterocycles. The van der Waals surface area contributed by atoms with Gasteiger partial charge in [-0.3, -0.25) is 0 Å². The number of aromatic nitrogens is 3. The van der Waals surface area contributed by atoms with Crippen LogP contribution in [0.4, 0.5) is 0 Å². The molecule has 0 fully saturated rings. The highest BCUT2D eigenvalue weighted by Crippen LogP contribution is 2.63. The van der Waals surface area contributed by atoms with E-state index in [1.165, 1.54) is 75.8 Å². The van der Waals surface area contributed by atoms with E-state index in [-0.39, 0.29) is 5.41 Å². The van der Waals surface area contributed by atoms with Gasteiger partial charge in [-0.2, -0.15) is 0 Å². The van der Waals surface area contributed by atoms with Crippen LogP contribution in [0, 0.1) is 0 Å². The van der Waals surface area contributed by atoms with Crippen LogP contribution < -0.4 is 0 Å². The maximum atomic E-state index is 5.24. The number of fused-ring (bicyclic) bond motifs is 13. The smallest absolute Gasteiger partial charge is 0.164 e. The van der Waals surface area contributed by atoms with Crippen LogP contribution in [0.1, 0.15) is 22.3 Å². The Bertz CT molecular complexity index is 3540. The maximum Gasteiger partial charge on any atom is 0.164 e. The highest BCUT2D eigenvalue weighted by Gasteiger charge is 2.51. The second kappa shape index (κ2) is 13.6. The van der Waals surface area contributed by atoms with Gasteiger partial charge in [-0.25, -0.2) is 15.0 Å². The molecule has 2 aromatic heterocycles. The number of thiophene rings is 1. The summed E-state index contributed by atoms with van der Waals surface area (Å²) in [6.45, 7) is 0. The molecule has 13 rings (SSSR count). The van der Waals surface area contributed by atoms with Crippen molar-refractivity contribution in [3.63, 3.8) is 0 Å². The van der Waals surface area contributed by atoms with E-state index in [0.717, 1.165) is 27.8 Å². The zero-order valence-electron chi connectivity index (χ0n) is 33.5. The highest BCUT2D eigenvalue weighted by molar-refractivity contribution is 7.26. The third kappa shape index (κ3) is 5.08. The summed E-state index contributed by atoms with van der Waals surface area (Å²) >= 11 is 1.84. The molecule has 2 heterocycles. The molecule has 0 amide bonds. The van der Waals surface area contributed by atoms with Gasteiger partial charge in [-0.1, -0.05) is 200 Å². The quantitative estimate of drug-likeness (QED) is 0.174. The zero-order chi connectivity index (χ0) is 40.8. The molecule has 0 radical (unpaired) electrons. The third-order valence-corrected chi connectivity index (χ3v) is 14.2. The van der Waals surface area contributed by atoms with Crippen LogP contribution in [0.5, 0.6) is 0 Å². The normalized spacial score (nSPS) is 13.0. The molecule has 11 aromatic rings. The van der Waals surface area contributed by atoms with Crippen molar-refractivity contribution in [3.05, 3.63) is 235 Å². The maximum absolute atomic E-state index is 5.24. The summed E-state index contributed by atoms with van der Waals surface area (Å²) in [5.41, 5.74) is 17.7. The van der Waals surface area contributed by atoms with Crippen molar-refractivity contribution in [2.24, 2.45) is 0 Å². The molecule has 2 aliphatic rings. The Hall–Kier alpha value is -7.79. The predicted octanol–water partition coefficient (Wildman–Crippen LogP) is 14.9. The standard InChI is InChI=1S/C58H35N3S/c1-2-15-37(16-3-1)55-59-56(61-57(60-55)47-22-5-4-17-40(47)45-23-14-24-46-44-21-9-13-28-53(44)62-54(45)46)38-31-29-36(30-32-38)39-33-34-52-48(35-39)43-20-8-12-27-51(43)58(52)49-25-10-6-18-41(49)42-19-7-11-26-50(42)58/h1-35H. The van der Waals surface area contributed by atoms with Crippen molar-refractivity contribution in [3.8, 4) is 78.7 Å². The van der Waals surface area contributed by atoms with Gasteiger partial charge in [0.1, 0.15) is 0 Å². The molecule has 0 saturated heterocycles. The Morgan fingerprint density at radius 1 is 0.290 bits per heavy atom. The third-order valence-electron chi connectivity index (χ3n) is 13.0. The molecule has 0 saturated carbocycles. The van der Waals surface area contributed by atoms with Gasteiger partial charge in [0.2, 0.25) is 0 Å². The zero-order valence-corrected chi connectivity index (χ0v) is 34.3. The fourth-order valence-electron chi connectivity index (χ4n) is 10.3. The summed E-state index contributed by atoms with van der Waals surface area (Å²) in [4.78, 5) is 15.5. The average Bonchev–Trinajstić information content (AvgIpc) is 3.98. The lowest BCUT2D eigenvalue weighted by Crippen LogP contribution is -2.25. The minimum absolute atomic E-state index is 0.350. The van der Waals surface area contributed by atoms with Crippen LogP contribution >= 0.6 is 11.3 Å². The van der Waals surface area contributed by atoms with E-state index in [4.69, 9.17) is 15.0 Å². The topological polar surface area (TPSA) is 38.7 Å². The molecule has 3 nitrogen and oxygen atoms in total. The number of rotatable bonds is 5. The first kappa shape index (κ1) is 35.0. The van der Waals surface area contributed by atoms with Crippen molar-refractivity contribution in [2.45, 2.75) is 5.41 Å². The summed E-state index contributed by atoms with van der Waals surface area (Å²) < 4.78 is 2.54. The Morgan fingerprint density at radius 2 is 0.758 bits per heavy atom. The Morgan fingerprint density at radius 3 is 1.45 bits per heavy atom. The van der Waals surface area contributed by atoms with Crippen LogP contribution in [-0.4, -0.2) is 15.0 Å². The summed E-state index contributed by atoms with van der Waals surface area (Å²) in [7, 11) is 0. The van der Waals surface area contributed by atoms with Gasteiger partial charge in [0.25, 0.3) is 0 Å². The van der Waals surface area contributed by atoms with E-state index in [1.54, 1.807) is 0 Å². The molecule has 0 unspecified atom stereocenters. The summed E-state index contributed by atoms with van der Waals surface area (Å²) in [5.74, 6) is 1.93. The van der Waals surface area contributed by atoms with Gasteiger partial charge in [-0.05, 0) is 73.3 Å². The van der Waals surface area contributed by atoms with Gasteiger partial charge >= 0.3 is 0 Å². The van der Waals surface area contributed by atoms with Gasteiger partial charge in [0.15, 0.2) is 17.5 Å². The van der Waals surface area contributed by atoms with Crippen LogP contribution in [-0.2, 0) is 5.41 Å². The number of nitrogens with zero attached hydrogens (tertiary/aromatic N) is 3. The van der Waals surface area contributed by atoms with Gasteiger partial charge in [-0.15, -0.1) is 11.3 Å². The van der Waals surface area contributed by atoms with Crippen LogP contribution in [0.25, 0.3) is 98.8 Å². The highest BCUT2D eigenvalue weighted by atomic mass is 32.1. The predicted molar refractivity (Wildman–Crippen MR) is 256 cm³/mol. The lowest BCUT2D eigenvalue weighted by molar-refractivity contribution is 0.794. The fraction of sp³-hybridized carbons (Fsp3) is 0.0172. The molecule has 4 heteroatoms. The SMILES string of the molecule is c1ccc(-c2nc(-c3ccc(-c4ccc5c(c4)-c4ccccc4C54c5ccccc5-c5ccccc54)cc3)nc(-c3ccccc3-c3cccc4c3sc3ccccc34)n2)cc1. The minimum atomic E-state index is -0.350. The van der Waals surface area contributed by atoms with E-state index in [0.29, 0.717) is 17.5 Å². The van der Waals surface area contributed by atoms with Crippen LogP contribution in [0.2, 0.25) is 0 Å². The largest absolute Gasteiger partial charge is 0.208 e. The van der Waals surface area contributed by atoms with Gasteiger partial charge in [0.05, 0.1) is 5.41 Å². The van der Waals surface area contributed by atoms with Gasteiger partial charge < -0.3 is 0 Å². The summed E-state index contributed by atoms with van der Waals surface area (Å²) in [6, 6.07) is 76.7. The Balaban J connectivity index is 0.923. The van der Waals surface area contributed by atoms with Crippen molar-refractivity contribution < 1.29 is 0 Å². The van der Waals surface area contributed by atoms with E-state index in [2.05, 4.69) is 194 Å². The van der Waals surface area contributed by atoms with E-state index in [1.807, 2.05) is 29.5 Å². The van der Waals surface area contributed by atoms with E-state index in [9.17, 15) is 0 Å². The molecule has 62 heavy (non-hydrogen) atoms. The minimum Gasteiger partial charge on any atom is -0.208 e. The van der Waals surface area contributed by atoms with Crippen molar-refractivity contribution in [1.82, 2.24) is 15.0 Å². The molecule has 0 bridgehead atoms. The summed E-state index contributed by atoms with van der Waals surface area (Å²) in [5, 5.41) is 2.55. The lowest BCUT2D eigenvalue weighted by atomic mass is 9.70. The second-order valence-electron chi connectivity index (χ2n) is 16.2. The molecule has 2 aliphatic carbocycles. The number of hydrogen-bond donors (Lipinski definition) is 0. The number of hydrogen-bond acceptors (Lipinski definition) is 4. The van der Waals surface area contributed by atoms with E-state index < -0.39 is 0 Å². The van der Waals surface area contributed by atoms with Crippen LogP contribution in [0.15, 0.2) is 212 Å². The lowest BCUT2D eigenvalue weighted by Gasteiger charge is -2.30. The van der Waals surface area contributed by atoms with E-state index >= 15 is 0 Å². The molecule has 1 spiro atoms. The first-order valence-electron chi connectivity index (χ1n) is 21.1. The first-order valence-corrected chi connectivity index (χ1v) is 21.9. The monoisotopic (exact) mass is 805 g/mol. The number of benzene rings is 9. The van der Waals surface area contributed by atoms with Crippen molar-refractivity contribution in [1.29, 1.82) is 0 Å². The Labute approximate surface area is 363 Å². The molecule has 9 aromatic carbocycles. The molecule has 288 valence electrons.